The zero-order chi connectivity index (χ0) is 17.0. The smallest absolute Gasteiger partial charge is 0.266 e. The molecule has 0 aliphatic carbocycles. The monoisotopic (exact) mass is 338 g/mol. The fourth-order valence-electron chi connectivity index (χ4n) is 3.19. The van der Waals surface area contributed by atoms with Gasteiger partial charge in [0.15, 0.2) is 5.60 Å². The summed E-state index contributed by atoms with van der Waals surface area (Å²) in [4.78, 5) is 17.2. The van der Waals surface area contributed by atoms with Gasteiger partial charge in [-0.2, -0.15) is 0 Å². The Kier molecular flexibility index (Phi) is 5.93. The van der Waals surface area contributed by atoms with Crippen LogP contribution >= 0.6 is 11.6 Å². The zero-order valence-electron chi connectivity index (χ0n) is 14.5. The van der Waals surface area contributed by atoms with Crippen molar-refractivity contribution < 1.29 is 9.53 Å². The molecule has 1 aromatic rings. The maximum atomic E-state index is 12.8. The number of benzene rings is 1. The fourth-order valence-corrected chi connectivity index (χ4v) is 3.31. The minimum atomic E-state index is -0.883. The molecule has 2 rings (SSSR count). The van der Waals surface area contributed by atoms with Crippen molar-refractivity contribution in [2.45, 2.75) is 45.8 Å². The van der Waals surface area contributed by atoms with E-state index in [0.29, 0.717) is 16.8 Å². The second kappa shape index (κ2) is 7.54. The molecule has 0 N–H and O–H groups in total. The summed E-state index contributed by atoms with van der Waals surface area (Å²) in [5, 5.41) is 0.656. The first-order valence-corrected chi connectivity index (χ1v) is 8.73. The Labute approximate surface area is 144 Å². The van der Waals surface area contributed by atoms with Gasteiger partial charge in [-0.15, -0.1) is 0 Å². The number of halogens is 1. The Bertz CT molecular complexity index is 526. The van der Waals surface area contributed by atoms with Crippen LogP contribution in [0.25, 0.3) is 0 Å². The number of likely N-dealkylation sites (N-methyl/N-ethyl adjacent to an activating group) is 1. The first kappa shape index (κ1) is 18.1. The molecule has 1 saturated heterocycles. The summed E-state index contributed by atoms with van der Waals surface area (Å²) >= 11 is 5.89. The van der Waals surface area contributed by atoms with Gasteiger partial charge in [0.25, 0.3) is 5.91 Å². The Hall–Kier alpha value is -1.26. The first-order chi connectivity index (χ1) is 10.9. The molecule has 0 bridgehead atoms. The third-order valence-electron chi connectivity index (χ3n) is 4.48. The van der Waals surface area contributed by atoms with Crippen molar-refractivity contribution in [1.82, 2.24) is 9.80 Å². The molecule has 128 valence electrons. The van der Waals surface area contributed by atoms with Crippen molar-refractivity contribution in [2.75, 3.05) is 26.2 Å². The quantitative estimate of drug-likeness (QED) is 0.796. The summed E-state index contributed by atoms with van der Waals surface area (Å²) in [6.45, 7) is 11.6. The highest BCUT2D eigenvalue weighted by molar-refractivity contribution is 6.30. The van der Waals surface area contributed by atoms with E-state index in [0.717, 1.165) is 32.6 Å². The number of rotatable bonds is 6. The third-order valence-corrected chi connectivity index (χ3v) is 4.73. The van der Waals surface area contributed by atoms with Crippen molar-refractivity contribution in [2.24, 2.45) is 0 Å². The van der Waals surface area contributed by atoms with Gasteiger partial charge in [0.2, 0.25) is 0 Å². The standard InChI is InChI=1S/C18H27ClN2O2/c1-5-20(6-2)15-11-12-21(13-15)17(22)18(3,4)23-16-9-7-14(19)8-10-16/h7-10,15H,5-6,11-13H2,1-4H3. The van der Waals surface area contributed by atoms with E-state index in [2.05, 4.69) is 18.7 Å². The van der Waals surface area contributed by atoms with Crippen molar-refractivity contribution >= 4 is 17.5 Å². The average Bonchev–Trinajstić information content (AvgIpc) is 2.99. The highest BCUT2D eigenvalue weighted by atomic mass is 35.5. The molecule has 1 aliphatic rings. The average molecular weight is 339 g/mol. The molecule has 0 saturated carbocycles. The van der Waals surface area contributed by atoms with E-state index >= 15 is 0 Å². The molecule has 1 aliphatic heterocycles. The van der Waals surface area contributed by atoms with Crippen LogP contribution in [0.15, 0.2) is 24.3 Å². The van der Waals surface area contributed by atoms with Crippen LogP contribution in [-0.4, -0.2) is 53.5 Å². The van der Waals surface area contributed by atoms with Crippen LogP contribution in [0.3, 0.4) is 0 Å². The molecular weight excluding hydrogens is 312 g/mol. The van der Waals surface area contributed by atoms with E-state index in [1.807, 2.05) is 18.7 Å². The van der Waals surface area contributed by atoms with E-state index in [9.17, 15) is 4.79 Å². The van der Waals surface area contributed by atoms with Crippen molar-refractivity contribution in [1.29, 1.82) is 0 Å². The van der Waals surface area contributed by atoms with Gasteiger partial charge >= 0.3 is 0 Å². The maximum Gasteiger partial charge on any atom is 0.266 e. The van der Waals surface area contributed by atoms with Gasteiger partial charge in [-0.05, 0) is 57.6 Å². The molecule has 23 heavy (non-hydrogen) atoms. The van der Waals surface area contributed by atoms with Crippen LogP contribution in [0.2, 0.25) is 5.02 Å². The van der Waals surface area contributed by atoms with Gasteiger partial charge in [0.05, 0.1) is 0 Å². The molecule has 1 atom stereocenters. The Morgan fingerprint density at radius 1 is 1.30 bits per heavy atom. The van der Waals surface area contributed by atoms with Crippen molar-refractivity contribution in [3.05, 3.63) is 29.3 Å². The second-order valence-corrected chi connectivity index (χ2v) is 6.92. The molecule has 0 radical (unpaired) electrons. The summed E-state index contributed by atoms with van der Waals surface area (Å²) in [7, 11) is 0. The predicted molar refractivity (Wildman–Crippen MR) is 94.1 cm³/mol. The largest absolute Gasteiger partial charge is 0.478 e. The third kappa shape index (κ3) is 4.39. The molecule has 0 spiro atoms. The van der Waals surface area contributed by atoms with Crippen LogP contribution in [0.4, 0.5) is 0 Å². The van der Waals surface area contributed by atoms with E-state index in [1.165, 1.54) is 0 Å². The molecule has 1 amide bonds. The molecule has 5 heteroatoms. The van der Waals surface area contributed by atoms with Crippen LogP contribution in [0, 0.1) is 0 Å². The van der Waals surface area contributed by atoms with E-state index in [-0.39, 0.29) is 5.91 Å². The number of amides is 1. The lowest BCUT2D eigenvalue weighted by molar-refractivity contribution is -0.144. The number of carbonyl (C=O) groups is 1. The van der Waals surface area contributed by atoms with Gasteiger partial charge in [-0.1, -0.05) is 25.4 Å². The summed E-state index contributed by atoms with van der Waals surface area (Å²) < 4.78 is 5.92. The highest BCUT2D eigenvalue weighted by Crippen LogP contribution is 2.25. The number of carbonyl (C=O) groups excluding carboxylic acids is 1. The SMILES string of the molecule is CCN(CC)C1CCN(C(=O)C(C)(C)Oc2ccc(Cl)cc2)C1. The predicted octanol–water partition coefficient (Wildman–Crippen LogP) is 3.44. The van der Waals surface area contributed by atoms with Crippen LogP contribution in [0.1, 0.15) is 34.1 Å². The summed E-state index contributed by atoms with van der Waals surface area (Å²) in [5.74, 6) is 0.703. The second-order valence-electron chi connectivity index (χ2n) is 6.48. The molecule has 4 nitrogen and oxygen atoms in total. The molecule has 0 aromatic heterocycles. The first-order valence-electron chi connectivity index (χ1n) is 8.35. The van der Waals surface area contributed by atoms with Crippen LogP contribution < -0.4 is 4.74 Å². The Balaban J connectivity index is 2.00. The van der Waals surface area contributed by atoms with E-state index < -0.39 is 5.60 Å². The summed E-state index contributed by atoms with van der Waals surface area (Å²) in [6, 6.07) is 7.58. The Morgan fingerprint density at radius 2 is 1.91 bits per heavy atom. The summed E-state index contributed by atoms with van der Waals surface area (Å²) in [5.41, 5.74) is -0.883. The van der Waals surface area contributed by atoms with Crippen LogP contribution in [0.5, 0.6) is 5.75 Å². The zero-order valence-corrected chi connectivity index (χ0v) is 15.3. The minimum Gasteiger partial charge on any atom is -0.478 e. The Morgan fingerprint density at radius 3 is 2.48 bits per heavy atom. The highest BCUT2D eigenvalue weighted by Gasteiger charge is 2.38. The minimum absolute atomic E-state index is 0.0436. The lowest BCUT2D eigenvalue weighted by atomic mass is 10.1. The fraction of sp³-hybridized carbons (Fsp3) is 0.611. The number of likely N-dealkylation sites (tertiary alicyclic amines) is 1. The molecule has 1 unspecified atom stereocenters. The number of hydrogen-bond donors (Lipinski definition) is 0. The molecule has 1 fully saturated rings. The van der Waals surface area contributed by atoms with E-state index in [1.54, 1.807) is 24.3 Å². The number of hydrogen-bond acceptors (Lipinski definition) is 3. The van der Waals surface area contributed by atoms with Gasteiger partial charge in [-0.25, -0.2) is 0 Å². The lowest BCUT2D eigenvalue weighted by Gasteiger charge is -2.31. The summed E-state index contributed by atoms with van der Waals surface area (Å²) in [6.07, 6.45) is 1.03. The molecular formula is C18H27ClN2O2. The number of ether oxygens (including phenoxy) is 1. The maximum absolute atomic E-state index is 12.8. The van der Waals surface area contributed by atoms with Crippen molar-refractivity contribution in [3.63, 3.8) is 0 Å². The lowest BCUT2D eigenvalue weighted by Crippen LogP contribution is -2.49. The molecule has 1 aromatic carbocycles. The van der Waals surface area contributed by atoms with Gasteiger partial charge in [0, 0.05) is 24.2 Å². The number of nitrogens with zero attached hydrogens (tertiary/aromatic N) is 2. The van der Waals surface area contributed by atoms with Gasteiger partial charge in [0.1, 0.15) is 5.75 Å². The van der Waals surface area contributed by atoms with Crippen molar-refractivity contribution in [3.8, 4) is 5.75 Å². The van der Waals surface area contributed by atoms with Crippen LogP contribution in [-0.2, 0) is 4.79 Å². The molecule has 1 heterocycles. The normalized spacial score (nSPS) is 18.5. The van der Waals surface area contributed by atoms with E-state index in [4.69, 9.17) is 16.3 Å². The topological polar surface area (TPSA) is 32.8 Å². The van der Waals surface area contributed by atoms with Gasteiger partial charge < -0.3 is 9.64 Å². The van der Waals surface area contributed by atoms with Gasteiger partial charge in [-0.3, -0.25) is 9.69 Å².